The van der Waals surface area contributed by atoms with E-state index in [0.717, 1.165) is 30.8 Å². The molecule has 19 heavy (non-hydrogen) atoms. The summed E-state index contributed by atoms with van der Waals surface area (Å²) in [6, 6.07) is 6.32. The van der Waals surface area contributed by atoms with Crippen molar-refractivity contribution in [2.24, 2.45) is 5.41 Å². The van der Waals surface area contributed by atoms with Crippen molar-refractivity contribution in [2.75, 3.05) is 25.6 Å². The number of nitrogens with one attached hydrogen (secondary N) is 1. The minimum Gasteiger partial charge on any atom is -0.495 e. The van der Waals surface area contributed by atoms with Crippen molar-refractivity contribution in [3.8, 4) is 5.75 Å². The molecular formula is C16H25NO2. The highest BCUT2D eigenvalue weighted by molar-refractivity contribution is 5.58. The van der Waals surface area contributed by atoms with E-state index in [0.29, 0.717) is 5.92 Å². The molecule has 3 nitrogen and oxygen atoms in total. The summed E-state index contributed by atoms with van der Waals surface area (Å²) in [5, 5.41) is 12.9. The van der Waals surface area contributed by atoms with Crippen LogP contribution in [0.2, 0.25) is 0 Å². The lowest BCUT2D eigenvalue weighted by molar-refractivity contribution is 0.0576. The van der Waals surface area contributed by atoms with Gasteiger partial charge in [0.2, 0.25) is 0 Å². The van der Waals surface area contributed by atoms with Crippen molar-refractivity contribution >= 4 is 5.69 Å². The molecule has 0 unspecified atom stereocenters. The fourth-order valence-corrected chi connectivity index (χ4v) is 2.56. The lowest BCUT2D eigenvalue weighted by Crippen LogP contribution is -2.39. The van der Waals surface area contributed by atoms with E-state index >= 15 is 0 Å². The quantitative estimate of drug-likeness (QED) is 0.826. The van der Waals surface area contributed by atoms with Gasteiger partial charge in [-0.05, 0) is 36.5 Å². The Kier molecular flexibility index (Phi) is 4.35. The van der Waals surface area contributed by atoms with Gasteiger partial charge < -0.3 is 15.2 Å². The van der Waals surface area contributed by atoms with Gasteiger partial charge in [0.1, 0.15) is 5.75 Å². The molecule has 0 atom stereocenters. The second kappa shape index (κ2) is 5.83. The molecule has 2 rings (SSSR count). The highest BCUT2D eigenvalue weighted by atomic mass is 16.5. The molecule has 0 aromatic heterocycles. The molecule has 1 aromatic rings. The molecule has 106 valence electrons. The third-order valence-corrected chi connectivity index (χ3v) is 4.30. The van der Waals surface area contributed by atoms with Crippen LogP contribution < -0.4 is 10.1 Å². The molecule has 0 radical (unpaired) electrons. The molecule has 1 aromatic carbocycles. The average molecular weight is 263 g/mol. The van der Waals surface area contributed by atoms with Crippen LogP contribution >= 0.6 is 0 Å². The van der Waals surface area contributed by atoms with E-state index < -0.39 is 0 Å². The maximum absolute atomic E-state index is 9.49. The minimum absolute atomic E-state index is 0.0851. The van der Waals surface area contributed by atoms with Gasteiger partial charge in [-0.25, -0.2) is 0 Å². The molecule has 0 saturated heterocycles. The van der Waals surface area contributed by atoms with Crippen molar-refractivity contribution in [3.63, 3.8) is 0 Å². The number of hydrogen-bond donors (Lipinski definition) is 2. The largest absolute Gasteiger partial charge is 0.495 e. The summed E-state index contributed by atoms with van der Waals surface area (Å²) in [4.78, 5) is 0. The van der Waals surface area contributed by atoms with Gasteiger partial charge in [-0.1, -0.05) is 26.3 Å². The van der Waals surface area contributed by atoms with Gasteiger partial charge in [-0.15, -0.1) is 0 Å². The second-order valence-electron chi connectivity index (χ2n) is 5.98. The van der Waals surface area contributed by atoms with Gasteiger partial charge >= 0.3 is 0 Å². The second-order valence-corrected chi connectivity index (χ2v) is 5.98. The zero-order valence-electron chi connectivity index (χ0n) is 12.2. The number of benzene rings is 1. The molecule has 1 saturated carbocycles. The van der Waals surface area contributed by atoms with Crippen molar-refractivity contribution in [2.45, 2.75) is 39.0 Å². The third-order valence-electron chi connectivity index (χ3n) is 4.30. The number of aliphatic hydroxyl groups excluding tert-OH is 1. The van der Waals surface area contributed by atoms with Gasteiger partial charge in [0.25, 0.3) is 0 Å². The molecule has 2 N–H and O–H groups in total. The smallest absolute Gasteiger partial charge is 0.142 e. The lowest BCUT2D eigenvalue weighted by Gasteiger charge is -2.40. The third kappa shape index (κ3) is 3.03. The van der Waals surface area contributed by atoms with E-state index in [2.05, 4.69) is 37.4 Å². The van der Waals surface area contributed by atoms with E-state index in [4.69, 9.17) is 4.74 Å². The maximum Gasteiger partial charge on any atom is 0.142 e. The van der Waals surface area contributed by atoms with E-state index in [1.807, 2.05) is 0 Å². The normalized spacial score (nSPS) is 17.1. The summed E-state index contributed by atoms with van der Waals surface area (Å²) in [5.74, 6) is 1.39. The molecular weight excluding hydrogens is 238 g/mol. The number of anilines is 1. The Hall–Kier alpha value is -1.22. The molecule has 0 aliphatic heterocycles. The number of aliphatic hydroxyl groups is 1. The highest BCUT2D eigenvalue weighted by Crippen LogP contribution is 2.41. The Morgan fingerprint density at radius 1 is 1.37 bits per heavy atom. The molecule has 0 spiro atoms. The first-order valence-corrected chi connectivity index (χ1v) is 7.13. The Morgan fingerprint density at radius 3 is 2.58 bits per heavy atom. The van der Waals surface area contributed by atoms with E-state index in [1.54, 1.807) is 7.11 Å². The first-order chi connectivity index (χ1) is 9.10. The Labute approximate surface area is 116 Å². The summed E-state index contributed by atoms with van der Waals surface area (Å²) in [5.41, 5.74) is 2.39. The van der Waals surface area contributed by atoms with Gasteiger partial charge in [0.15, 0.2) is 0 Å². The van der Waals surface area contributed by atoms with Gasteiger partial charge in [-0.3, -0.25) is 0 Å². The van der Waals surface area contributed by atoms with Gasteiger partial charge in [0.05, 0.1) is 19.4 Å². The fraction of sp³-hybridized carbons (Fsp3) is 0.625. The molecule has 1 aliphatic carbocycles. The van der Waals surface area contributed by atoms with Crippen molar-refractivity contribution in [1.29, 1.82) is 0 Å². The number of rotatable bonds is 6. The number of ether oxygens (including phenoxy) is 1. The van der Waals surface area contributed by atoms with Crippen LogP contribution in [0.1, 0.15) is 44.6 Å². The van der Waals surface area contributed by atoms with Crippen molar-refractivity contribution < 1.29 is 9.84 Å². The van der Waals surface area contributed by atoms with Crippen LogP contribution in [-0.2, 0) is 0 Å². The van der Waals surface area contributed by atoms with E-state index in [-0.39, 0.29) is 12.0 Å². The van der Waals surface area contributed by atoms with Crippen LogP contribution in [0.3, 0.4) is 0 Å². The standard InChI is InChI=1S/C16H25NO2/c1-12(2)13-5-6-14(15(9-13)19-3)17-10-16(11-18)7-4-8-16/h5-6,9,12,17-18H,4,7-8,10-11H2,1-3H3. The molecule has 1 fully saturated rings. The summed E-state index contributed by atoms with van der Waals surface area (Å²) in [6.07, 6.45) is 3.46. The Morgan fingerprint density at radius 2 is 2.11 bits per heavy atom. The topological polar surface area (TPSA) is 41.5 Å². The van der Waals surface area contributed by atoms with Gasteiger partial charge in [0, 0.05) is 12.0 Å². The minimum atomic E-state index is 0.0851. The van der Waals surface area contributed by atoms with Crippen LogP contribution in [-0.4, -0.2) is 25.4 Å². The number of hydrogen-bond acceptors (Lipinski definition) is 3. The van der Waals surface area contributed by atoms with Crippen LogP contribution in [0.4, 0.5) is 5.69 Å². The van der Waals surface area contributed by atoms with Crippen molar-refractivity contribution in [3.05, 3.63) is 23.8 Å². The molecule has 1 aliphatic rings. The highest BCUT2D eigenvalue weighted by Gasteiger charge is 2.36. The molecule has 3 heteroatoms. The molecule has 0 bridgehead atoms. The van der Waals surface area contributed by atoms with Crippen LogP contribution in [0.25, 0.3) is 0 Å². The van der Waals surface area contributed by atoms with E-state index in [1.165, 1.54) is 12.0 Å². The van der Waals surface area contributed by atoms with E-state index in [9.17, 15) is 5.11 Å². The zero-order chi connectivity index (χ0) is 13.9. The Balaban J connectivity index is 2.07. The molecule has 0 amide bonds. The summed E-state index contributed by atoms with van der Waals surface area (Å²) >= 11 is 0. The summed E-state index contributed by atoms with van der Waals surface area (Å²) in [7, 11) is 1.70. The summed E-state index contributed by atoms with van der Waals surface area (Å²) < 4.78 is 5.46. The first-order valence-electron chi connectivity index (χ1n) is 7.13. The van der Waals surface area contributed by atoms with Crippen molar-refractivity contribution in [1.82, 2.24) is 0 Å². The average Bonchev–Trinajstić information content (AvgIpc) is 2.37. The SMILES string of the molecule is COc1cc(C(C)C)ccc1NCC1(CO)CCC1. The monoisotopic (exact) mass is 263 g/mol. The Bertz CT molecular complexity index is 419. The summed E-state index contributed by atoms with van der Waals surface area (Å²) in [6.45, 7) is 5.45. The van der Waals surface area contributed by atoms with Crippen LogP contribution in [0.15, 0.2) is 18.2 Å². The first kappa shape index (κ1) is 14.2. The van der Waals surface area contributed by atoms with Crippen LogP contribution in [0.5, 0.6) is 5.75 Å². The number of methoxy groups -OCH3 is 1. The van der Waals surface area contributed by atoms with Crippen LogP contribution in [0, 0.1) is 5.41 Å². The predicted molar refractivity (Wildman–Crippen MR) is 78.9 cm³/mol. The lowest BCUT2D eigenvalue weighted by atomic mass is 9.69. The fourth-order valence-electron chi connectivity index (χ4n) is 2.56. The zero-order valence-corrected chi connectivity index (χ0v) is 12.2. The molecule has 0 heterocycles. The maximum atomic E-state index is 9.49. The predicted octanol–water partition coefficient (Wildman–Crippen LogP) is 3.39. The van der Waals surface area contributed by atoms with Gasteiger partial charge in [-0.2, -0.15) is 0 Å².